The van der Waals surface area contributed by atoms with Crippen LogP contribution in [0.2, 0.25) is 0 Å². The highest BCUT2D eigenvalue weighted by molar-refractivity contribution is 5.90. The fourth-order valence-electron chi connectivity index (χ4n) is 5.29. The highest BCUT2D eigenvalue weighted by Crippen LogP contribution is 2.37. The first-order chi connectivity index (χ1) is 14.6. The van der Waals surface area contributed by atoms with Gasteiger partial charge in [-0.1, -0.05) is 19.1 Å². The maximum absolute atomic E-state index is 13.2. The number of hydrogen-bond donors (Lipinski definition) is 0. The van der Waals surface area contributed by atoms with Gasteiger partial charge in [0.1, 0.15) is 6.04 Å². The van der Waals surface area contributed by atoms with Crippen LogP contribution in [0.4, 0.5) is 0 Å². The van der Waals surface area contributed by atoms with Gasteiger partial charge in [-0.3, -0.25) is 19.8 Å². The summed E-state index contributed by atoms with van der Waals surface area (Å²) < 4.78 is 0. The molecular formula is C24H31N5O. The quantitative estimate of drug-likeness (QED) is 0.782. The number of hydrogen-bond acceptors (Lipinski definition) is 5. The minimum Gasteiger partial charge on any atom is -0.342 e. The molecule has 1 amide bonds. The first-order valence-electron chi connectivity index (χ1n) is 11.3. The number of aliphatic imine (C=N–C) groups is 1. The Hall–Kier alpha value is -2.34. The standard InChI is InChI=1S/C24H31N5O/c1-16-11-18(15-29(14-16)22(30)12-17-5-9-28(2)10-6-17)19-3-4-20(21-13-27-21)24-23(19)25-7-8-26-24/h3-4,7-8,13,16-18,21H,5-6,9-12,14-15H2,1-2H3/t16-,18+,21?/m0/s1. The molecule has 2 fully saturated rings. The molecule has 158 valence electrons. The summed E-state index contributed by atoms with van der Waals surface area (Å²) >= 11 is 0. The van der Waals surface area contributed by atoms with E-state index < -0.39 is 0 Å². The average molecular weight is 406 g/mol. The third-order valence-corrected chi connectivity index (χ3v) is 7.06. The van der Waals surface area contributed by atoms with Crippen molar-refractivity contribution in [2.24, 2.45) is 16.8 Å². The molecule has 30 heavy (non-hydrogen) atoms. The summed E-state index contributed by atoms with van der Waals surface area (Å²) in [5.41, 5.74) is 4.30. The zero-order chi connectivity index (χ0) is 20.7. The van der Waals surface area contributed by atoms with Gasteiger partial charge in [0, 0.05) is 49.6 Å². The second-order valence-corrected chi connectivity index (χ2v) is 9.53. The number of amides is 1. The van der Waals surface area contributed by atoms with Crippen molar-refractivity contribution in [3.63, 3.8) is 0 Å². The number of rotatable bonds is 4. The Kier molecular flexibility index (Phi) is 5.27. The van der Waals surface area contributed by atoms with Gasteiger partial charge >= 0.3 is 0 Å². The molecule has 1 unspecified atom stereocenters. The second kappa shape index (κ2) is 8.06. The van der Waals surface area contributed by atoms with E-state index in [1.54, 1.807) is 12.4 Å². The van der Waals surface area contributed by atoms with Crippen molar-refractivity contribution in [3.05, 3.63) is 35.7 Å². The largest absolute Gasteiger partial charge is 0.342 e. The lowest BCUT2D eigenvalue weighted by Crippen LogP contribution is -2.43. The Morgan fingerprint density at radius 2 is 1.73 bits per heavy atom. The molecular weight excluding hydrogens is 374 g/mol. The highest BCUT2D eigenvalue weighted by atomic mass is 16.2. The molecule has 2 saturated heterocycles. The van der Waals surface area contributed by atoms with Crippen LogP contribution < -0.4 is 0 Å². The summed E-state index contributed by atoms with van der Waals surface area (Å²) in [6.07, 6.45) is 9.56. The van der Waals surface area contributed by atoms with Crippen LogP contribution in [0.1, 0.15) is 55.7 Å². The van der Waals surface area contributed by atoms with Gasteiger partial charge in [0.2, 0.25) is 5.91 Å². The van der Waals surface area contributed by atoms with Gasteiger partial charge in [-0.25, -0.2) is 0 Å². The van der Waals surface area contributed by atoms with E-state index >= 15 is 0 Å². The van der Waals surface area contributed by atoms with E-state index in [2.05, 4.69) is 45.9 Å². The Balaban J connectivity index is 1.35. The summed E-state index contributed by atoms with van der Waals surface area (Å²) in [6, 6.07) is 4.53. The lowest BCUT2D eigenvalue weighted by molar-refractivity contribution is -0.134. The van der Waals surface area contributed by atoms with Crippen LogP contribution in [0.15, 0.2) is 29.5 Å². The van der Waals surface area contributed by atoms with Crippen molar-refractivity contribution in [1.82, 2.24) is 19.8 Å². The van der Waals surface area contributed by atoms with Crippen molar-refractivity contribution in [3.8, 4) is 0 Å². The Labute approximate surface area is 178 Å². The number of fused-ring (bicyclic) bond motifs is 1. The number of benzene rings is 1. The molecule has 3 aliphatic rings. The van der Waals surface area contributed by atoms with Gasteiger partial charge in [-0.05, 0) is 56.8 Å². The van der Waals surface area contributed by atoms with E-state index in [-0.39, 0.29) is 6.04 Å². The number of likely N-dealkylation sites (tertiary alicyclic amines) is 2. The van der Waals surface area contributed by atoms with Gasteiger partial charge in [0.05, 0.1) is 11.0 Å². The van der Waals surface area contributed by atoms with Gasteiger partial charge in [0.15, 0.2) is 0 Å². The number of aromatic nitrogens is 2. The van der Waals surface area contributed by atoms with Crippen LogP contribution in [0.3, 0.4) is 0 Å². The van der Waals surface area contributed by atoms with Gasteiger partial charge in [0.25, 0.3) is 0 Å². The van der Waals surface area contributed by atoms with Crippen LogP contribution in [0.5, 0.6) is 0 Å². The predicted molar refractivity (Wildman–Crippen MR) is 119 cm³/mol. The third kappa shape index (κ3) is 3.97. The Morgan fingerprint density at radius 1 is 1.07 bits per heavy atom. The average Bonchev–Trinajstić information content (AvgIpc) is 3.59. The molecule has 0 bridgehead atoms. The number of carbonyl (C=O) groups excluding carboxylic acids is 1. The monoisotopic (exact) mass is 405 g/mol. The van der Waals surface area contributed by atoms with Gasteiger partial charge in [-0.2, -0.15) is 0 Å². The first kappa shape index (κ1) is 19.6. The molecule has 0 N–H and O–H groups in total. The molecule has 6 heteroatoms. The molecule has 0 saturated carbocycles. The van der Waals surface area contributed by atoms with Crippen LogP contribution >= 0.6 is 0 Å². The summed E-state index contributed by atoms with van der Waals surface area (Å²) in [5, 5.41) is 0. The van der Waals surface area contributed by atoms with Gasteiger partial charge < -0.3 is 9.80 Å². The predicted octanol–water partition coefficient (Wildman–Crippen LogP) is 3.44. The minimum atomic E-state index is 0.163. The van der Waals surface area contributed by atoms with E-state index in [0.717, 1.165) is 62.0 Å². The van der Waals surface area contributed by atoms with Crippen molar-refractivity contribution in [2.45, 2.75) is 44.6 Å². The van der Waals surface area contributed by atoms with E-state index in [9.17, 15) is 4.79 Å². The van der Waals surface area contributed by atoms with Crippen LogP contribution in [-0.4, -0.2) is 65.1 Å². The highest BCUT2D eigenvalue weighted by Gasteiger charge is 2.32. The molecule has 0 aliphatic carbocycles. The zero-order valence-electron chi connectivity index (χ0n) is 18.0. The van der Waals surface area contributed by atoms with Crippen molar-refractivity contribution in [2.75, 3.05) is 33.2 Å². The summed E-state index contributed by atoms with van der Waals surface area (Å²) in [5.74, 6) is 1.67. The molecule has 0 radical (unpaired) electrons. The third-order valence-electron chi connectivity index (χ3n) is 7.06. The van der Waals surface area contributed by atoms with E-state index in [4.69, 9.17) is 4.98 Å². The summed E-state index contributed by atoms with van der Waals surface area (Å²) in [7, 11) is 2.17. The Morgan fingerprint density at radius 3 is 2.43 bits per heavy atom. The fraction of sp³-hybridized carbons (Fsp3) is 0.583. The summed E-state index contributed by atoms with van der Waals surface area (Å²) in [6.45, 7) is 6.15. The Bertz CT molecular complexity index is 959. The molecule has 3 aliphatic heterocycles. The van der Waals surface area contributed by atoms with Crippen LogP contribution in [0.25, 0.3) is 11.0 Å². The van der Waals surface area contributed by atoms with Crippen LogP contribution in [0, 0.1) is 11.8 Å². The minimum absolute atomic E-state index is 0.163. The molecule has 5 rings (SSSR count). The normalized spacial score (nSPS) is 27.5. The lowest BCUT2D eigenvalue weighted by atomic mass is 9.83. The van der Waals surface area contributed by atoms with Crippen LogP contribution in [-0.2, 0) is 4.79 Å². The number of carbonyl (C=O) groups is 1. The van der Waals surface area contributed by atoms with Crippen molar-refractivity contribution < 1.29 is 4.79 Å². The van der Waals surface area contributed by atoms with E-state index in [0.29, 0.717) is 30.1 Å². The molecule has 3 atom stereocenters. The van der Waals surface area contributed by atoms with Crippen molar-refractivity contribution >= 4 is 23.2 Å². The number of piperidine rings is 2. The number of nitrogens with zero attached hydrogens (tertiary/aromatic N) is 5. The first-order valence-corrected chi connectivity index (χ1v) is 11.3. The molecule has 1 aromatic carbocycles. The molecule has 4 heterocycles. The second-order valence-electron chi connectivity index (χ2n) is 9.53. The topological polar surface area (TPSA) is 61.7 Å². The van der Waals surface area contributed by atoms with Crippen molar-refractivity contribution in [1.29, 1.82) is 0 Å². The smallest absolute Gasteiger partial charge is 0.222 e. The molecule has 1 aromatic heterocycles. The maximum atomic E-state index is 13.2. The summed E-state index contributed by atoms with van der Waals surface area (Å²) in [4.78, 5) is 31.3. The molecule has 6 nitrogen and oxygen atoms in total. The fourth-order valence-corrected chi connectivity index (χ4v) is 5.29. The lowest BCUT2D eigenvalue weighted by Gasteiger charge is -2.38. The SMILES string of the molecule is C[C@H]1C[C@@H](c2ccc(C3C=N3)c3nccnc23)CN(C(=O)CC2CCN(C)CC2)C1. The zero-order valence-corrected chi connectivity index (χ0v) is 18.0. The van der Waals surface area contributed by atoms with E-state index in [1.165, 1.54) is 5.56 Å². The van der Waals surface area contributed by atoms with E-state index in [1.807, 2.05) is 6.21 Å². The molecule has 2 aromatic rings. The van der Waals surface area contributed by atoms with Gasteiger partial charge in [-0.15, -0.1) is 0 Å². The molecule has 0 spiro atoms. The maximum Gasteiger partial charge on any atom is 0.222 e.